The van der Waals surface area contributed by atoms with E-state index in [0.29, 0.717) is 0 Å². The molecule has 0 amide bonds. The minimum atomic E-state index is 0. The Kier molecular flexibility index (Phi) is 583. The normalized spacial score (nSPS) is 0. The topological polar surface area (TPSA) is 0 Å². The van der Waals surface area contributed by atoms with Gasteiger partial charge in [0, 0.05) is 21.7 Å². The Hall–Kier alpha value is 2.64. The van der Waals surface area contributed by atoms with Crippen LogP contribution in [0.25, 0.3) is 0 Å². The van der Waals surface area contributed by atoms with Gasteiger partial charge in [-0.2, -0.15) is 0 Å². The fourth-order valence-electron chi connectivity index (χ4n) is 0. The Labute approximate surface area is 96.2 Å². The van der Waals surface area contributed by atoms with Crippen LogP contribution >= 0.6 is 49.6 Å². The minimum Gasteiger partial charge on any atom is -1.00 e. The Morgan fingerprint density at radius 1 is 0.667 bits per heavy atom. The van der Waals surface area contributed by atoms with E-state index < -0.39 is 0 Å². The van der Waals surface area contributed by atoms with E-state index in [1.54, 1.807) is 0 Å². The largest absolute Gasteiger partial charge is 2.00 e. The van der Waals surface area contributed by atoms with E-state index in [2.05, 4.69) is 0 Å². The van der Waals surface area contributed by atoms with Gasteiger partial charge in [-0.1, -0.05) is 0 Å². The Balaban J connectivity index is 0. The average molecular weight is 220 g/mol. The molecule has 0 aliphatic heterocycles. The van der Waals surface area contributed by atoms with Gasteiger partial charge in [0.25, 0.3) is 0 Å². The fraction of sp³-hybridized carbons (Fsp3) is 0. The molecule has 0 aliphatic carbocycles. The summed E-state index contributed by atoms with van der Waals surface area (Å²) >= 11 is 0. The molecule has 0 bridgehead atoms. The van der Waals surface area contributed by atoms with Crippen LogP contribution in [0.4, 0.5) is 0 Å². The molecule has 0 spiro atoms. The smallest absolute Gasteiger partial charge is 1.00 e. The van der Waals surface area contributed by atoms with E-state index in [0.717, 1.165) is 0 Å². The van der Waals surface area contributed by atoms with E-state index in [-0.39, 0.29) is 97.3 Å². The van der Waals surface area contributed by atoms with Crippen molar-refractivity contribution in [2.75, 3.05) is 0 Å². The zero-order valence-electron chi connectivity index (χ0n) is 4.84. The number of hydrogen-bond donors (Lipinski definition) is 0. The third-order valence-corrected chi connectivity index (χ3v) is 0. The first-order valence-corrected chi connectivity index (χ1v) is 0. The van der Waals surface area contributed by atoms with Crippen LogP contribution in [0.15, 0.2) is 0 Å². The van der Waals surface area contributed by atoms with Crippen LogP contribution in [0, 0.1) is 0 Å². The first-order chi connectivity index (χ1) is 0. The van der Waals surface area contributed by atoms with E-state index >= 15 is 0 Å². The fourth-order valence-corrected chi connectivity index (χ4v) is 0. The van der Waals surface area contributed by atoms with Gasteiger partial charge >= 0.3 is 23.1 Å². The second-order valence-corrected chi connectivity index (χ2v) is 0. The molecule has 0 unspecified atom stereocenters. The molecule has 6 heavy (non-hydrogen) atoms. The molecule has 0 aromatic heterocycles. The maximum Gasteiger partial charge on any atom is 2.00 e. The third kappa shape index (κ3) is 30.3. The van der Waals surface area contributed by atoms with E-state index in [1.165, 1.54) is 0 Å². The molecule has 0 radical (unpaired) electrons. The van der Waals surface area contributed by atoms with Crippen molar-refractivity contribution in [1.29, 1.82) is 0 Å². The maximum atomic E-state index is 0. The van der Waals surface area contributed by atoms with Crippen molar-refractivity contribution in [2.24, 2.45) is 0 Å². The summed E-state index contributed by atoms with van der Waals surface area (Å²) in [5, 5.41) is 0. The van der Waals surface area contributed by atoms with Gasteiger partial charge < -0.3 is 2.85 Å². The SMILES string of the molecule is Cl.Cl.Cl.Cl.[H-].[H-].[Mg+2].[Ti]. The molecule has 0 fully saturated rings. The Bertz CT molecular complexity index is 14.0. The van der Waals surface area contributed by atoms with Gasteiger partial charge in [-0.25, -0.2) is 0 Å². The zero-order valence-corrected chi connectivity index (χ0v) is 9.08. The number of halogens is 4. The Morgan fingerprint density at radius 2 is 0.667 bits per heavy atom. The van der Waals surface area contributed by atoms with Gasteiger partial charge in [0.1, 0.15) is 0 Å². The molecule has 0 nitrogen and oxygen atoms in total. The molecule has 0 saturated carbocycles. The van der Waals surface area contributed by atoms with Gasteiger partial charge in [-0.3, -0.25) is 0 Å². The molecule has 0 aromatic carbocycles. The van der Waals surface area contributed by atoms with Crippen molar-refractivity contribution < 1.29 is 24.6 Å². The summed E-state index contributed by atoms with van der Waals surface area (Å²) in [7, 11) is 0. The molecule has 40 valence electrons. The molecule has 0 aromatic rings. The second kappa shape index (κ2) is 48.3. The van der Waals surface area contributed by atoms with Crippen LogP contribution in [0.1, 0.15) is 2.85 Å². The molecule has 0 N–H and O–H groups in total. The van der Waals surface area contributed by atoms with Crippen LogP contribution < -0.4 is 0 Å². The summed E-state index contributed by atoms with van der Waals surface area (Å²) in [4.78, 5) is 0. The predicted molar refractivity (Wildman–Crippen MR) is 37.0 cm³/mol. The first-order valence-electron chi connectivity index (χ1n) is 0. The standard InChI is InChI=1S/4ClH.Mg.Ti.2H/h4*1H;;;;/q;;;;+2;;2*-1. The van der Waals surface area contributed by atoms with Gasteiger partial charge in [0.05, 0.1) is 0 Å². The van der Waals surface area contributed by atoms with Crippen LogP contribution in [0.5, 0.6) is 0 Å². The van der Waals surface area contributed by atoms with Crippen molar-refractivity contribution in [3.8, 4) is 0 Å². The number of hydrogen-bond acceptors (Lipinski definition) is 0. The minimum absolute atomic E-state index is 0. The Morgan fingerprint density at radius 3 is 0.667 bits per heavy atom. The van der Waals surface area contributed by atoms with E-state index in [9.17, 15) is 0 Å². The third-order valence-electron chi connectivity index (χ3n) is 0. The summed E-state index contributed by atoms with van der Waals surface area (Å²) < 4.78 is 0. The van der Waals surface area contributed by atoms with Crippen molar-refractivity contribution in [1.82, 2.24) is 0 Å². The summed E-state index contributed by atoms with van der Waals surface area (Å²) in [6, 6.07) is 0. The molecule has 6 heteroatoms. The van der Waals surface area contributed by atoms with Gasteiger partial charge in [0.2, 0.25) is 0 Å². The quantitative estimate of drug-likeness (QED) is 0.543. The molecule has 0 aliphatic rings. The molecule has 0 saturated heterocycles. The van der Waals surface area contributed by atoms with Crippen molar-refractivity contribution in [3.05, 3.63) is 0 Å². The average Bonchev–Trinajstić information content (AvgIpc) is 0. The predicted octanol–water partition coefficient (Wildman–Crippen LogP) is 1.53. The molecule has 0 heterocycles. The van der Waals surface area contributed by atoms with Gasteiger partial charge in [-0.15, -0.1) is 49.6 Å². The molecule has 0 rings (SSSR count). The van der Waals surface area contributed by atoms with Crippen molar-refractivity contribution in [3.63, 3.8) is 0 Å². The van der Waals surface area contributed by atoms with Crippen LogP contribution in [0.2, 0.25) is 0 Å². The zero-order chi connectivity index (χ0) is 0. The van der Waals surface area contributed by atoms with Gasteiger partial charge in [-0.05, 0) is 0 Å². The van der Waals surface area contributed by atoms with E-state index in [4.69, 9.17) is 0 Å². The van der Waals surface area contributed by atoms with Crippen molar-refractivity contribution in [2.45, 2.75) is 0 Å². The summed E-state index contributed by atoms with van der Waals surface area (Å²) in [6.45, 7) is 0. The number of rotatable bonds is 0. The first kappa shape index (κ1) is 72.3. The molecule has 0 atom stereocenters. The van der Waals surface area contributed by atoms with Crippen LogP contribution in [-0.4, -0.2) is 23.1 Å². The summed E-state index contributed by atoms with van der Waals surface area (Å²) in [6.07, 6.45) is 0. The maximum absolute atomic E-state index is 0. The molecular weight excluding hydrogens is 214 g/mol. The van der Waals surface area contributed by atoms with E-state index in [1.807, 2.05) is 0 Å². The molecular formula is H6Cl4MgTi. The van der Waals surface area contributed by atoms with Gasteiger partial charge in [0.15, 0.2) is 0 Å². The van der Waals surface area contributed by atoms with Crippen LogP contribution in [0.3, 0.4) is 0 Å². The van der Waals surface area contributed by atoms with Crippen molar-refractivity contribution >= 4 is 72.7 Å². The van der Waals surface area contributed by atoms with Crippen LogP contribution in [-0.2, 0) is 21.7 Å². The summed E-state index contributed by atoms with van der Waals surface area (Å²) in [5.74, 6) is 0. The monoisotopic (exact) mass is 218 g/mol. The summed E-state index contributed by atoms with van der Waals surface area (Å²) in [5.41, 5.74) is 0. The second-order valence-electron chi connectivity index (χ2n) is 0.